The summed E-state index contributed by atoms with van der Waals surface area (Å²) in [6.07, 6.45) is 4.45. The van der Waals surface area contributed by atoms with Crippen LogP contribution in [0.2, 0.25) is 0 Å². The summed E-state index contributed by atoms with van der Waals surface area (Å²) in [7, 11) is 0. The normalized spacial score (nSPS) is 10.7. The fraction of sp³-hybridized carbons (Fsp3) is 0.143. The molecule has 0 saturated carbocycles. The molecule has 0 amide bonds. The maximum absolute atomic E-state index is 4.56. The van der Waals surface area contributed by atoms with Crippen LogP contribution in [0.3, 0.4) is 0 Å². The van der Waals surface area contributed by atoms with Crippen LogP contribution in [0.15, 0.2) is 48.9 Å². The van der Waals surface area contributed by atoms with E-state index >= 15 is 0 Å². The number of fused-ring (bicyclic) bond motifs is 1. The van der Waals surface area contributed by atoms with E-state index in [0.29, 0.717) is 0 Å². The number of rotatable bonds is 4. The zero-order chi connectivity index (χ0) is 12.2. The second-order valence-electron chi connectivity index (χ2n) is 4.14. The average molecular weight is 238 g/mol. The molecule has 0 aliphatic rings. The molecule has 4 nitrogen and oxygen atoms in total. The maximum atomic E-state index is 4.56. The van der Waals surface area contributed by atoms with E-state index in [-0.39, 0.29) is 0 Å². The zero-order valence-electron chi connectivity index (χ0n) is 9.93. The average Bonchev–Trinajstić information content (AvgIpc) is 2.92. The molecule has 0 radical (unpaired) electrons. The maximum Gasteiger partial charge on any atom is 0.126 e. The summed E-state index contributed by atoms with van der Waals surface area (Å²) in [5.74, 6) is 0.910. The van der Waals surface area contributed by atoms with Crippen molar-refractivity contribution in [2.75, 3.05) is 11.9 Å². The van der Waals surface area contributed by atoms with Crippen LogP contribution in [-0.2, 0) is 6.42 Å². The van der Waals surface area contributed by atoms with Crippen molar-refractivity contribution in [2.45, 2.75) is 6.42 Å². The highest BCUT2D eigenvalue weighted by Crippen LogP contribution is 2.14. The highest BCUT2D eigenvalue weighted by Gasteiger charge is 1.98. The monoisotopic (exact) mass is 238 g/mol. The Bertz CT molecular complexity index is 631. The van der Waals surface area contributed by atoms with Gasteiger partial charge in [-0.1, -0.05) is 18.2 Å². The van der Waals surface area contributed by atoms with Gasteiger partial charge in [0, 0.05) is 30.2 Å². The lowest BCUT2D eigenvalue weighted by molar-refractivity contribution is 0.970. The van der Waals surface area contributed by atoms with E-state index in [4.69, 9.17) is 0 Å². The first-order valence-corrected chi connectivity index (χ1v) is 5.99. The molecule has 3 aromatic rings. The largest absolute Gasteiger partial charge is 0.370 e. The molecule has 0 fully saturated rings. The minimum absolute atomic E-state index is 0.841. The number of para-hydroxylation sites is 1. The smallest absolute Gasteiger partial charge is 0.126 e. The van der Waals surface area contributed by atoms with Gasteiger partial charge < -0.3 is 10.3 Å². The van der Waals surface area contributed by atoms with E-state index < -0.39 is 0 Å². The number of nitrogens with zero attached hydrogens (tertiary/aromatic N) is 2. The molecule has 0 aliphatic heterocycles. The minimum Gasteiger partial charge on any atom is -0.370 e. The first-order valence-electron chi connectivity index (χ1n) is 5.99. The molecule has 0 aliphatic carbocycles. The van der Waals surface area contributed by atoms with Gasteiger partial charge in [-0.2, -0.15) is 0 Å². The summed E-state index contributed by atoms with van der Waals surface area (Å²) in [5, 5.41) is 4.48. The predicted octanol–water partition coefficient (Wildman–Crippen LogP) is 2.61. The third-order valence-electron chi connectivity index (χ3n) is 2.85. The van der Waals surface area contributed by atoms with Crippen molar-refractivity contribution >= 4 is 16.7 Å². The molecular formula is C14H14N4. The molecule has 2 heterocycles. The number of benzene rings is 1. The number of aromatic amines is 1. The Morgan fingerprint density at radius 3 is 2.94 bits per heavy atom. The van der Waals surface area contributed by atoms with Crippen LogP contribution in [0.25, 0.3) is 10.9 Å². The molecule has 4 heteroatoms. The number of nitrogens with one attached hydrogen (secondary N) is 2. The second kappa shape index (κ2) is 4.87. The molecule has 90 valence electrons. The van der Waals surface area contributed by atoms with Crippen LogP contribution in [-0.4, -0.2) is 21.5 Å². The molecular weight excluding hydrogens is 224 g/mol. The fourth-order valence-electron chi connectivity index (χ4n) is 1.91. The molecule has 0 saturated heterocycles. The molecule has 1 aromatic carbocycles. The highest BCUT2D eigenvalue weighted by molar-refractivity contribution is 5.79. The lowest BCUT2D eigenvalue weighted by atomic mass is 10.2. The molecule has 0 unspecified atom stereocenters. The van der Waals surface area contributed by atoms with Gasteiger partial charge in [-0.25, -0.2) is 9.97 Å². The number of imidazole rings is 1. The molecule has 2 aromatic heterocycles. The summed E-state index contributed by atoms with van der Waals surface area (Å²) in [6, 6.07) is 12.2. The van der Waals surface area contributed by atoms with Crippen molar-refractivity contribution in [1.82, 2.24) is 15.0 Å². The highest BCUT2D eigenvalue weighted by atomic mass is 15.0. The summed E-state index contributed by atoms with van der Waals surface area (Å²) < 4.78 is 0. The number of hydrogen-bond donors (Lipinski definition) is 2. The minimum atomic E-state index is 0.841. The Labute approximate surface area is 105 Å². The van der Waals surface area contributed by atoms with Gasteiger partial charge in [-0.3, -0.25) is 0 Å². The lowest BCUT2D eigenvalue weighted by Gasteiger charge is -2.05. The number of hydrogen-bond acceptors (Lipinski definition) is 3. The molecule has 3 rings (SSSR count). The first kappa shape index (κ1) is 10.8. The number of aromatic nitrogens is 3. The molecule has 0 bridgehead atoms. The van der Waals surface area contributed by atoms with Gasteiger partial charge in [0.05, 0.1) is 11.8 Å². The van der Waals surface area contributed by atoms with E-state index in [2.05, 4.69) is 32.4 Å². The second-order valence-corrected chi connectivity index (χ2v) is 4.14. The van der Waals surface area contributed by atoms with Crippen LogP contribution in [0, 0.1) is 0 Å². The quantitative estimate of drug-likeness (QED) is 0.734. The van der Waals surface area contributed by atoms with Crippen LogP contribution >= 0.6 is 0 Å². The predicted molar refractivity (Wildman–Crippen MR) is 72.5 cm³/mol. The molecule has 0 atom stereocenters. The van der Waals surface area contributed by atoms with Crippen LogP contribution < -0.4 is 5.32 Å². The summed E-state index contributed by atoms with van der Waals surface area (Å²) in [4.78, 5) is 11.6. The Morgan fingerprint density at radius 2 is 2.06 bits per heavy atom. The number of anilines is 1. The standard InChI is InChI=1S/C14H14N4/c1-2-4-13-11(3-1)5-6-14(18-13)16-8-7-12-9-15-10-17-12/h1-6,9-10H,7-8H2,(H,15,17)(H,16,18). The van der Waals surface area contributed by atoms with E-state index in [0.717, 1.165) is 35.4 Å². The Balaban J connectivity index is 1.67. The van der Waals surface area contributed by atoms with Crippen molar-refractivity contribution in [3.63, 3.8) is 0 Å². The van der Waals surface area contributed by atoms with Crippen molar-refractivity contribution in [3.8, 4) is 0 Å². The van der Waals surface area contributed by atoms with Gasteiger partial charge in [0.25, 0.3) is 0 Å². The Morgan fingerprint density at radius 1 is 1.11 bits per heavy atom. The fourth-order valence-corrected chi connectivity index (χ4v) is 1.91. The van der Waals surface area contributed by atoms with Crippen LogP contribution in [0.4, 0.5) is 5.82 Å². The first-order chi connectivity index (χ1) is 8.92. The Hall–Kier alpha value is -2.36. The molecule has 18 heavy (non-hydrogen) atoms. The molecule has 0 spiro atoms. The van der Waals surface area contributed by atoms with Gasteiger partial charge in [-0.15, -0.1) is 0 Å². The number of pyridine rings is 1. The third-order valence-corrected chi connectivity index (χ3v) is 2.85. The summed E-state index contributed by atoms with van der Waals surface area (Å²) in [6.45, 7) is 0.841. The van der Waals surface area contributed by atoms with Gasteiger partial charge in [0.1, 0.15) is 5.82 Å². The van der Waals surface area contributed by atoms with Gasteiger partial charge in [0.2, 0.25) is 0 Å². The Kier molecular flexibility index (Phi) is 2.92. The summed E-state index contributed by atoms with van der Waals surface area (Å²) in [5.41, 5.74) is 2.15. The van der Waals surface area contributed by atoms with Gasteiger partial charge >= 0.3 is 0 Å². The van der Waals surface area contributed by atoms with Crippen LogP contribution in [0.1, 0.15) is 5.69 Å². The third kappa shape index (κ3) is 2.32. The van der Waals surface area contributed by atoms with Gasteiger partial charge in [0.15, 0.2) is 0 Å². The van der Waals surface area contributed by atoms with Crippen LogP contribution in [0.5, 0.6) is 0 Å². The van der Waals surface area contributed by atoms with Crippen molar-refractivity contribution in [1.29, 1.82) is 0 Å². The zero-order valence-corrected chi connectivity index (χ0v) is 9.93. The van der Waals surface area contributed by atoms with E-state index in [1.54, 1.807) is 6.33 Å². The van der Waals surface area contributed by atoms with E-state index in [1.807, 2.05) is 30.5 Å². The van der Waals surface area contributed by atoms with Crippen molar-refractivity contribution in [2.24, 2.45) is 0 Å². The summed E-state index contributed by atoms with van der Waals surface area (Å²) >= 11 is 0. The van der Waals surface area contributed by atoms with E-state index in [1.165, 1.54) is 0 Å². The number of H-pyrrole nitrogens is 1. The van der Waals surface area contributed by atoms with E-state index in [9.17, 15) is 0 Å². The SMILES string of the molecule is c1ccc2nc(NCCc3cnc[nH]3)ccc2c1. The van der Waals surface area contributed by atoms with Crippen molar-refractivity contribution in [3.05, 3.63) is 54.6 Å². The lowest BCUT2D eigenvalue weighted by Crippen LogP contribution is -2.06. The molecule has 2 N–H and O–H groups in total. The topological polar surface area (TPSA) is 53.6 Å². The van der Waals surface area contributed by atoms with Crippen molar-refractivity contribution < 1.29 is 0 Å². The van der Waals surface area contributed by atoms with Gasteiger partial charge in [-0.05, 0) is 18.2 Å².